The molecule has 4 rings (SSSR count). The van der Waals surface area contributed by atoms with Crippen molar-refractivity contribution in [2.45, 2.75) is 24.6 Å². The minimum absolute atomic E-state index is 0.0145. The van der Waals surface area contributed by atoms with Crippen LogP contribution in [0.2, 0.25) is 0 Å². The number of methoxy groups -OCH3 is 1. The Labute approximate surface area is 180 Å². The Morgan fingerprint density at radius 1 is 1.19 bits per heavy atom. The number of rotatable bonds is 8. The average molecular weight is 442 g/mol. The first-order valence-electron chi connectivity index (χ1n) is 9.88. The highest BCUT2D eigenvalue weighted by Crippen LogP contribution is 2.41. The minimum Gasteiger partial charge on any atom is -0.497 e. The van der Waals surface area contributed by atoms with Gasteiger partial charge in [-0.1, -0.05) is 18.2 Å². The summed E-state index contributed by atoms with van der Waals surface area (Å²) in [6.07, 6.45) is 3.24. The number of hydrogen-bond donors (Lipinski definition) is 1. The SMILES string of the molecule is COc1ccc(C(NC(=O)c2cccc(-c3nnc(CS(C)(=O)=O)o3)c2)C2CC2)cc1. The molecule has 0 aliphatic heterocycles. The summed E-state index contributed by atoms with van der Waals surface area (Å²) in [7, 11) is -1.66. The van der Waals surface area contributed by atoms with E-state index in [4.69, 9.17) is 9.15 Å². The monoisotopic (exact) mass is 441 g/mol. The number of nitrogens with zero attached hydrogens (tertiary/aromatic N) is 2. The molecule has 0 spiro atoms. The molecular formula is C22H23N3O5S. The standard InChI is InChI=1S/C22H23N3O5S/c1-29-18-10-8-15(9-11-18)20(14-6-7-14)23-21(26)16-4-3-5-17(12-16)22-25-24-19(30-22)13-31(2,27)28/h3-5,8-12,14,20H,6-7,13H2,1-2H3,(H,23,26). The van der Waals surface area contributed by atoms with E-state index in [2.05, 4.69) is 15.5 Å². The van der Waals surface area contributed by atoms with Gasteiger partial charge in [0, 0.05) is 17.4 Å². The summed E-state index contributed by atoms with van der Waals surface area (Å²) < 4.78 is 33.5. The van der Waals surface area contributed by atoms with Crippen molar-refractivity contribution in [3.8, 4) is 17.2 Å². The Bertz CT molecular complexity index is 1180. The molecular weight excluding hydrogens is 418 g/mol. The van der Waals surface area contributed by atoms with Crippen LogP contribution in [0.1, 0.15) is 40.7 Å². The Morgan fingerprint density at radius 2 is 1.94 bits per heavy atom. The Morgan fingerprint density at radius 3 is 2.58 bits per heavy atom. The van der Waals surface area contributed by atoms with E-state index in [1.165, 1.54) is 0 Å². The molecule has 1 aliphatic carbocycles. The van der Waals surface area contributed by atoms with E-state index in [-0.39, 0.29) is 29.5 Å². The average Bonchev–Trinajstić information content (AvgIpc) is 3.49. The molecule has 8 nitrogen and oxygen atoms in total. The van der Waals surface area contributed by atoms with Gasteiger partial charge in [0.2, 0.25) is 11.8 Å². The fourth-order valence-electron chi connectivity index (χ4n) is 3.39. The summed E-state index contributed by atoms with van der Waals surface area (Å²) in [5, 5.41) is 10.8. The van der Waals surface area contributed by atoms with Gasteiger partial charge in [0.15, 0.2) is 9.84 Å². The number of sulfone groups is 1. The quantitative estimate of drug-likeness (QED) is 0.571. The Balaban J connectivity index is 1.52. The van der Waals surface area contributed by atoms with Gasteiger partial charge in [-0.2, -0.15) is 0 Å². The van der Waals surface area contributed by atoms with E-state index in [0.717, 1.165) is 30.4 Å². The molecule has 162 valence electrons. The highest BCUT2D eigenvalue weighted by Gasteiger charge is 2.33. The molecule has 1 heterocycles. The summed E-state index contributed by atoms with van der Waals surface area (Å²) in [6.45, 7) is 0. The molecule has 1 aromatic heterocycles. The van der Waals surface area contributed by atoms with Crippen molar-refractivity contribution in [2.75, 3.05) is 13.4 Å². The maximum absolute atomic E-state index is 13.0. The third-order valence-corrected chi connectivity index (χ3v) is 5.85. The first kappa shape index (κ1) is 21.0. The second-order valence-corrected chi connectivity index (χ2v) is 9.85. The molecule has 3 aromatic rings. The van der Waals surface area contributed by atoms with Crippen molar-refractivity contribution in [3.63, 3.8) is 0 Å². The van der Waals surface area contributed by atoms with Crippen LogP contribution in [0.4, 0.5) is 0 Å². The molecule has 1 saturated carbocycles. The molecule has 1 atom stereocenters. The smallest absolute Gasteiger partial charge is 0.251 e. The van der Waals surface area contributed by atoms with Crippen molar-refractivity contribution in [3.05, 3.63) is 65.5 Å². The highest BCUT2D eigenvalue weighted by atomic mass is 32.2. The molecule has 0 bridgehead atoms. The summed E-state index contributed by atoms with van der Waals surface area (Å²) in [6, 6.07) is 14.5. The zero-order valence-electron chi connectivity index (χ0n) is 17.2. The van der Waals surface area contributed by atoms with Crippen LogP contribution in [-0.2, 0) is 15.6 Å². The van der Waals surface area contributed by atoms with E-state index in [1.807, 2.05) is 24.3 Å². The topological polar surface area (TPSA) is 111 Å². The van der Waals surface area contributed by atoms with E-state index >= 15 is 0 Å². The predicted octanol–water partition coefficient (Wildman–Crippen LogP) is 3.17. The number of amides is 1. The van der Waals surface area contributed by atoms with Gasteiger partial charge in [0.1, 0.15) is 11.5 Å². The van der Waals surface area contributed by atoms with Crippen LogP contribution in [0.15, 0.2) is 52.9 Å². The van der Waals surface area contributed by atoms with Gasteiger partial charge in [-0.3, -0.25) is 4.79 Å². The second-order valence-electron chi connectivity index (χ2n) is 7.71. The van der Waals surface area contributed by atoms with Crippen molar-refractivity contribution in [1.82, 2.24) is 15.5 Å². The normalized spacial score (nSPS) is 14.8. The second kappa shape index (κ2) is 8.50. The van der Waals surface area contributed by atoms with Gasteiger partial charge >= 0.3 is 0 Å². The molecule has 0 saturated heterocycles. The number of carbonyl (C=O) groups excluding carboxylic acids is 1. The lowest BCUT2D eigenvalue weighted by atomic mass is 10.0. The third-order valence-electron chi connectivity index (χ3n) is 5.08. The maximum atomic E-state index is 13.0. The van der Waals surface area contributed by atoms with E-state index in [9.17, 15) is 13.2 Å². The van der Waals surface area contributed by atoms with Gasteiger partial charge in [-0.05, 0) is 54.7 Å². The van der Waals surface area contributed by atoms with Crippen molar-refractivity contribution >= 4 is 15.7 Å². The fourth-order valence-corrected chi connectivity index (χ4v) is 3.95. The molecule has 2 aromatic carbocycles. The van der Waals surface area contributed by atoms with Gasteiger partial charge in [0.25, 0.3) is 5.91 Å². The number of nitrogens with one attached hydrogen (secondary N) is 1. The summed E-state index contributed by atoms with van der Waals surface area (Å²) in [5.41, 5.74) is 2.04. The van der Waals surface area contributed by atoms with Gasteiger partial charge in [-0.15, -0.1) is 10.2 Å². The van der Waals surface area contributed by atoms with Gasteiger partial charge < -0.3 is 14.5 Å². The van der Waals surface area contributed by atoms with Crippen LogP contribution in [0.25, 0.3) is 11.5 Å². The number of carbonyl (C=O) groups is 1. The molecule has 0 radical (unpaired) electrons. The zero-order valence-corrected chi connectivity index (χ0v) is 18.1. The molecule has 1 unspecified atom stereocenters. The molecule has 1 amide bonds. The van der Waals surface area contributed by atoms with Crippen LogP contribution >= 0.6 is 0 Å². The number of ether oxygens (including phenoxy) is 1. The zero-order chi connectivity index (χ0) is 22.0. The largest absolute Gasteiger partial charge is 0.497 e. The van der Waals surface area contributed by atoms with Gasteiger partial charge in [-0.25, -0.2) is 8.42 Å². The summed E-state index contributed by atoms with van der Waals surface area (Å²) in [5.74, 6) is 0.834. The van der Waals surface area contributed by atoms with Crippen LogP contribution in [-0.4, -0.2) is 37.9 Å². The lowest BCUT2D eigenvalue weighted by molar-refractivity contribution is 0.0931. The van der Waals surface area contributed by atoms with E-state index in [0.29, 0.717) is 17.0 Å². The van der Waals surface area contributed by atoms with E-state index < -0.39 is 9.84 Å². The lowest BCUT2D eigenvalue weighted by Gasteiger charge is -2.19. The Hall–Kier alpha value is -3.20. The lowest BCUT2D eigenvalue weighted by Crippen LogP contribution is -2.29. The van der Waals surface area contributed by atoms with Crippen LogP contribution in [0.3, 0.4) is 0 Å². The first-order valence-corrected chi connectivity index (χ1v) is 11.9. The van der Waals surface area contributed by atoms with Crippen molar-refractivity contribution in [2.24, 2.45) is 5.92 Å². The molecule has 9 heteroatoms. The summed E-state index contributed by atoms with van der Waals surface area (Å²) in [4.78, 5) is 13.0. The first-order chi connectivity index (χ1) is 14.8. The Kier molecular flexibility index (Phi) is 5.77. The number of aromatic nitrogens is 2. The maximum Gasteiger partial charge on any atom is 0.251 e. The molecule has 1 fully saturated rings. The van der Waals surface area contributed by atoms with Crippen LogP contribution < -0.4 is 10.1 Å². The molecule has 1 aliphatic rings. The molecule has 1 N–H and O–H groups in total. The van der Waals surface area contributed by atoms with Crippen molar-refractivity contribution in [1.29, 1.82) is 0 Å². The summed E-state index contributed by atoms with van der Waals surface area (Å²) >= 11 is 0. The highest BCUT2D eigenvalue weighted by molar-refractivity contribution is 7.89. The van der Waals surface area contributed by atoms with E-state index in [1.54, 1.807) is 31.4 Å². The molecule has 31 heavy (non-hydrogen) atoms. The van der Waals surface area contributed by atoms with Crippen LogP contribution in [0.5, 0.6) is 5.75 Å². The van der Waals surface area contributed by atoms with Gasteiger partial charge in [0.05, 0.1) is 13.2 Å². The van der Waals surface area contributed by atoms with Crippen molar-refractivity contribution < 1.29 is 22.4 Å². The number of benzene rings is 2. The van der Waals surface area contributed by atoms with Crippen LogP contribution in [0, 0.1) is 5.92 Å². The predicted molar refractivity (Wildman–Crippen MR) is 114 cm³/mol. The fraction of sp³-hybridized carbons (Fsp3) is 0.318. The number of hydrogen-bond acceptors (Lipinski definition) is 7. The third kappa shape index (κ3) is 5.29. The minimum atomic E-state index is -3.28.